The molecule has 0 saturated heterocycles. The third-order valence-electron chi connectivity index (χ3n) is 1.43. The Kier molecular flexibility index (Phi) is 2.46. The summed E-state index contributed by atoms with van der Waals surface area (Å²) in [6.07, 6.45) is 2.79. The first kappa shape index (κ1) is 9.44. The van der Waals surface area contributed by atoms with E-state index in [1.165, 1.54) is 32.4 Å². The van der Waals surface area contributed by atoms with Gasteiger partial charge in [-0.3, -0.25) is 0 Å². The van der Waals surface area contributed by atoms with Crippen molar-refractivity contribution in [2.24, 2.45) is 0 Å². The van der Waals surface area contributed by atoms with Gasteiger partial charge in [0.2, 0.25) is 11.5 Å². The van der Waals surface area contributed by atoms with Gasteiger partial charge in [0.1, 0.15) is 6.33 Å². The molecule has 0 saturated carbocycles. The molecule has 5 heteroatoms. The van der Waals surface area contributed by atoms with Gasteiger partial charge in [-0.15, -0.1) is 0 Å². The van der Waals surface area contributed by atoms with Crippen LogP contribution in [0.5, 0.6) is 5.88 Å². The summed E-state index contributed by atoms with van der Waals surface area (Å²) in [7, 11) is 0. The van der Waals surface area contributed by atoms with Gasteiger partial charge in [0, 0.05) is 12.3 Å². The summed E-state index contributed by atoms with van der Waals surface area (Å²) in [5.41, 5.74) is -1.27. The SMILES string of the molecule is CC(C)(Oc1ccncn1)C(=O)O. The first-order valence-electron chi connectivity index (χ1n) is 3.71. The predicted octanol–water partition coefficient (Wildman–Crippen LogP) is 0.719. The molecule has 1 rings (SSSR count). The topological polar surface area (TPSA) is 72.3 Å². The van der Waals surface area contributed by atoms with Crippen LogP contribution in [0.4, 0.5) is 0 Å². The summed E-state index contributed by atoms with van der Waals surface area (Å²) < 4.78 is 5.11. The fourth-order valence-electron chi connectivity index (χ4n) is 0.644. The number of hydrogen-bond acceptors (Lipinski definition) is 4. The zero-order chi connectivity index (χ0) is 9.90. The van der Waals surface area contributed by atoms with E-state index < -0.39 is 11.6 Å². The Hall–Kier alpha value is -1.65. The summed E-state index contributed by atoms with van der Waals surface area (Å²) in [4.78, 5) is 18.1. The summed E-state index contributed by atoms with van der Waals surface area (Å²) in [5, 5.41) is 8.73. The summed E-state index contributed by atoms with van der Waals surface area (Å²) >= 11 is 0. The molecule has 5 nitrogen and oxygen atoms in total. The van der Waals surface area contributed by atoms with E-state index in [0.717, 1.165) is 0 Å². The lowest BCUT2D eigenvalue weighted by Crippen LogP contribution is -2.38. The van der Waals surface area contributed by atoms with Crippen LogP contribution in [-0.2, 0) is 4.79 Å². The van der Waals surface area contributed by atoms with Gasteiger partial charge in [0.25, 0.3) is 0 Å². The summed E-state index contributed by atoms with van der Waals surface area (Å²) in [5.74, 6) is -0.784. The molecule has 1 heterocycles. The molecule has 70 valence electrons. The molecule has 1 aromatic heterocycles. The van der Waals surface area contributed by atoms with E-state index in [1.807, 2.05) is 0 Å². The van der Waals surface area contributed by atoms with E-state index in [1.54, 1.807) is 0 Å². The highest BCUT2D eigenvalue weighted by Crippen LogP contribution is 2.14. The highest BCUT2D eigenvalue weighted by atomic mass is 16.5. The summed E-state index contributed by atoms with van der Waals surface area (Å²) in [6.45, 7) is 2.91. The number of nitrogens with zero attached hydrogens (tertiary/aromatic N) is 2. The average molecular weight is 182 g/mol. The van der Waals surface area contributed by atoms with E-state index in [9.17, 15) is 4.79 Å². The minimum Gasteiger partial charge on any atom is -0.478 e. The van der Waals surface area contributed by atoms with Gasteiger partial charge in [-0.1, -0.05) is 0 Å². The molecule has 0 fully saturated rings. The number of hydrogen-bond donors (Lipinski definition) is 1. The maximum absolute atomic E-state index is 10.7. The molecule has 0 radical (unpaired) electrons. The molecule has 0 aliphatic heterocycles. The standard InChI is InChI=1S/C8H10N2O3/c1-8(2,7(11)12)13-6-3-4-9-5-10-6/h3-5H,1-2H3,(H,11,12). The smallest absolute Gasteiger partial charge is 0.347 e. The minimum absolute atomic E-state index is 0.252. The molecule has 0 amide bonds. The normalized spacial score (nSPS) is 10.9. The van der Waals surface area contributed by atoms with E-state index in [4.69, 9.17) is 9.84 Å². The molecule has 0 aliphatic rings. The molecule has 0 aliphatic carbocycles. The Morgan fingerprint density at radius 2 is 2.31 bits per heavy atom. The second kappa shape index (κ2) is 3.38. The second-order valence-corrected chi connectivity index (χ2v) is 2.97. The lowest BCUT2D eigenvalue weighted by atomic mass is 10.1. The molecular formula is C8H10N2O3. The van der Waals surface area contributed by atoms with Crippen LogP contribution in [0.15, 0.2) is 18.6 Å². The van der Waals surface area contributed by atoms with Crippen molar-refractivity contribution >= 4 is 5.97 Å². The molecule has 13 heavy (non-hydrogen) atoms. The molecule has 1 N–H and O–H groups in total. The summed E-state index contributed by atoms with van der Waals surface area (Å²) in [6, 6.07) is 1.50. The van der Waals surface area contributed by atoms with Gasteiger partial charge in [0.15, 0.2) is 0 Å². The third-order valence-corrected chi connectivity index (χ3v) is 1.43. The lowest BCUT2D eigenvalue weighted by molar-refractivity contribution is -0.152. The van der Waals surface area contributed by atoms with Crippen molar-refractivity contribution in [2.45, 2.75) is 19.4 Å². The van der Waals surface area contributed by atoms with Crippen LogP contribution in [0.25, 0.3) is 0 Å². The zero-order valence-electron chi connectivity index (χ0n) is 7.39. The van der Waals surface area contributed by atoms with Crippen molar-refractivity contribution in [2.75, 3.05) is 0 Å². The largest absolute Gasteiger partial charge is 0.478 e. The average Bonchev–Trinajstić information content (AvgIpc) is 2.05. The van der Waals surface area contributed by atoms with Gasteiger partial charge < -0.3 is 9.84 Å². The van der Waals surface area contributed by atoms with Crippen molar-refractivity contribution in [1.82, 2.24) is 9.97 Å². The fourth-order valence-corrected chi connectivity index (χ4v) is 0.644. The minimum atomic E-state index is -1.27. The number of ether oxygens (including phenoxy) is 1. The maximum atomic E-state index is 10.7. The molecular weight excluding hydrogens is 172 g/mol. The Morgan fingerprint density at radius 3 is 2.77 bits per heavy atom. The van der Waals surface area contributed by atoms with Gasteiger partial charge >= 0.3 is 5.97 Å². The zero-order valence-corrected chi connectivity index (χ0v) is 7.39. The number of carbonyl (C=O) groups is 1. The van der Waals surface area contributed by atoms with Crippen LogP contribution < -0.4 is 4.74 Å². The molecule has 0 aromatic carbocycles. The molecule has 1 aromatic rings. The molecule has 0 atom stereocenters. The number of carboxylic acids is 1. The maximum Gasteiger partial charge on any atom is 0.347 e. The Morgan fingerprint density at radius 1 is 1.62 bits per heavy atom. The van der Waals surface area contributed by atoms with Crippen molar-refractivity contribution in [3.8, 4) is 5.88 Å². The van der Waals surface area contributed by atoms with E-state index in [-0.39, 0.29) is 5.88 Å². The van der Waals surface area contributed by atoms with Crippen LogP contribution in [0.1, 0.15) is 13.8 Å². The Bertz CT molecular complexity index is 298. The highest BCUT2D eigenvalue weighted by molar-refractivity contribution is 5.76. The molecule has 0 unspecified atom stereocenters. The number of aromatic nitrogens is 2. The van der Waals surface area contributed by atoms with Crippen molar-refractivity contribution < 1.29 is 14.6 Å². The first-order valence-corrected chi connectivity index (χ1v) is 3.71. The predicted molar refractivity (Wildman–Crippen MR) is 44.4 cm³/mol. The monoisotopic (exact) mass is 182 g/mol. The van der Waals surface area contributed by atoms with Crippen LogP contribution in [0.3, 0.4) is 0 Å². The second-order valence-electron chi connectivity index (χ2n) is 2.97. The quantitative estimate of drug-likeness (QED) is 0.745. The van der Waals surface area contributed by atoms with Crippen molar-refractivity contribution in [3.05, 3.63) is 18.6 Å². The van der Waals surface area contributed by atoms with Crippen LogP contribution in [0, 0.1) is 0 Å². The first-order chi connectivity index (χ1) is 6.02. The lowest BCUT2D eigenvalue weighted by Gasteiger charge is -2.19. The van der Waals surface area contributed by atoms with Crippen LogP contribution in [-0.4, -0.2) is 26.6 Å². The third kappa shape index (κ3) is 2.40. The number of rotatable bonds is 3. The molecule has 0 spiro atoms. The van der Waals surface area contributed by atoms with Crippen molar-refractivity contribution in [1.29, 1.82) is 0 Å². The number of carboxylic acid groups (broad SMARTS) is 1. The number of aliphatic carboxylic acids is 1. The fraction of sp³-hybridized carbons (Fsp3) is 0.375. The van der Waals surface area contributed by atoms with E-state index in [2.05, 4.69) is 9.97 Å². The Labute approximate surface area is 75.4 Å². The van der Waals surface area contributed by atoms with Gasteiger partial charge in [-0.25, -0.2) is 14.8 Å². The van der Waals surface area contributed by atoms with E-state index in [0.29, 0.717) is 0 Å². The van der Waals surface area contributed by atoms with Gasteiger partial charge in [-0.2, -0.15) is 0 Å². The van der Waals surface area contributed by atoms with E-state index >= 15 is 0 Å². The van der Waals surface area contributed by atoms with Gasteiger partial charge in [-0.05, 0) is 13.8 Å². The van der Waals surface area contributed by atoms with Crippen LogP contribution >= 0.6 is 0 Å². The Balaban J connectivity index is 2.75. The van der Waals surface area contributed by atoms with Crippen LogP contribution in [0.2, 0.25) is 0 Å². The molecule has 0 bridgehead atoms. The highest BCUT2D eigenvalue weighted by Gasteiger charge is 2.29. The van der Waals surface area contributed by atoms with Crippen molar-refractivity contribution in [3.63, 3.8) is 0 Å². The van der Waals surface area contributed by atoms with Gasteiger partial charge in [0.05, 0.1) is 0 Å².